The van der Waals surface area contributed by atoms with Gasteiger partial charge in [-0.3, -0.25) is 4.79 Å². The van der Waals surface area contributed by atoms with E-state index in [0.29, 0.717) is 21.3 Å². The number of nitrogens with one attached hydrogen (secondary N) is 1. The molecule has 1 aromatic heterocycles. The highest BCUT2D eigenvalue weighted by Crippen LogP contribution is 2.36. The fraction of sp³-hybridized carbons (Fsp3) is 0.0476. The molecular formula is C21H14Cl2N2OS. The molecule has 0 radical (unpaired) electrons. The van der Waals surface area contributed by atoms with Crippen molar-refractivity contribution in [2.45, 2.75) is 6.92 Å². The predicted molar refractivity (Wildman–Crippen MR) is 114 cm³/mol. The van der Waals surface area contributed by atoms with E-state index in [1.807, 2.05) is 43.3 Å². The summed E-state index contributed by atoms with van der Waals surface area (Å²) in [6.45, 7) is 1.93. The van der Waals surface area contributed by atoms with Gasteiger partial charge in [-0.2, -0.15) is 0 Å². The maximum atomic E-state index is 12.7. The molecular weight excluding hydrogens is 399 g/mol. The molecule has 4 rings (SSSR count). The van der Waals surface area contributed by atoms with Crippen LogP contribution in [-0.4, -0.2) is 10.9 Å². The third-order valence-corrected chi connectivity index (χ3v) is 5.74. The lowest BCUT2D eigenvalue weighted by atomic mass is 10.1. The van der Waals surface area contributed by atoms with Gasteiger partial charge < -0.3 is 5.32 Å². The second kappa shape index (κ2) is 7.31. The number of thiazole rings is 1. The van der Waals surface area contributed by atoms with E-state index in [9.17, 15) is 4.79 Å². The Morgan fingerprint density at radius 3 is 2.63 bits per heavy atom. The molecule has 0 fully saturated rings. The van der Waals surface area contributed by atoms with E-state index >= 15 is 0 Å². The molecule has 1 heterocycles. The Morgan fingerprint density at radius 2 is 1.85 bits per heavy atom. The summed E-state index contributed by atoms with van der Waals surface area (Å²) >= 11 is 14.0. The fourth-order valence-electron chi connectivity index (χ4n) is 2.78. The molecule has 0 unspecified atom stereocenters. The van der Waals surface area contributed by atoms with Crippen LogP contribution >= 0.6 is 34.5 Å². The van der Waals surface area contributed by atoms with Crippen molar-refractivity contribution in [1.29, 1.82) is 0 Å². The number of halogens is 2. The molecule has 3 nitrogen and oxygen atoms in total. The average Bonchev–Trinajstić information content (AvgIpc) is 3.07. The standard InChI is InChI=1S/C21H14Cl2N2OS/c1-12-6-8-14(16(23)10-12)20(26)24-17-9-7-13(22)11-15(17)21-25-18-4-2-3-5-19(18)27-21/h2-11H,1H3,(H,24,26). The summed E-state index contributed by atoms with van der Waals surface area (Å²) in [6, 6.07) is 18.6. The smallest absolute Gasteiger partial charge is 0.257 e. The summed E-state index contributed by atoms with van der Waals surface area (Å²) in [5, 5.41) is 4.74. The molecule has 27 heavy (non-hydrogen) atoms. The number of hydrogen-bond acceptors (Lipinski definition) is 3. The first-order valence-electron chi connectivity index (χ1n) is 8.24. The SMILES string of the molecule is Cc1ccc(C(=O)Nc2ccc(Cl)cc2-c2nc3ccccc3s2)c(Cl)c1. The maximum absolute atomic E-state index is 12.7. The number of nitrogens with zero attached hydrogens (tertiary/aromatic N) is 1. The van der Waals surface area contributed by atoms with Gasteiger partial charge in [0.05, 0.1) is 26.5 Å². The number of para-hydroxylation sites is 1. The lowest BCUT2D eigenvalue weighted by molar-refractivity contribution is 0.102. The third-order valence-electron chi connectivity index (χ3n) is 4.12. The Hall–Kier alpha value is -2.40. The molecule has 0 aliphatic rings. The monoisotopic (exact) mass is 412 g/mol. The summed E-state index contributed by atoms with van der Waals surface area (Å²) in [5.74, 6) is -0.273. The minimum Gasteiger partial charge on any atom is -0.321 e. The van der Waals surface area contributed by atoms with Gasteiger partial charge in [0.25, 0.3) is 5.91 Å². The lowest BCUT2D eigenvalue weighted by Crippen LogP contribution is -2.13. The van der Waals surface area contributed by atoms with Crippen molar-refractivity contribution in [2.24, 2.45) is 0 Å². The molecule has 0 aliphatic heterocycles. The zero-order valence-corrected chi connectivity index (χ0v) is 16.6. The van der Waals surface area contributed by atoms with Crippen LogP contribution in [0.25, 0.3) is 20.8 Å². The first-order chi connectivity index (χ1) is 13.0. The molecule has 0 atom stereocenters. The Kier molecular flexibility index (Phi) is 4.87. The van der Waals surface area contributed by atoms with Crippen molar-refractivity contribution >= 4 is 56.3 Å². The first kappa shape index (κ1) is 18.0. The van der Waals surface area contributed by atoms with E-state index < -0.39 is 0 Å². The highest BCUT2D eigenvalue weighted by atomic mass is 35.5. The van der Waals surface area contributed by atoms with Gasteiger partial charge in [0.1, 0.15) is 5.01 Å². The summed E-state index contributed by atoms with van der Waals surface area (Å²) < 4.78 is 1.08. The zero-order valence-electron chi connectivity index (χ0n) is 14.3. The van der Waals surface area contributed by atoms with Gasteiger partial charge in [0.15, 0.2) is 0 Å². The number of aryl methyl sites for hydroxylation is 1. The number of benzene rings is 3. The molecule has 134 valence electrons. The number of aromatic nitrogens is 1. The van der Waals surface area contributed by atoms with Crippen LogP contribution in [-0.2, 0) is 0 Å². The van der Waals surface area contributed by atoms with E-state index in [1.54, 1.807) is 35.6 Å². The van der Waals surface area contributed by atoms with Crippen molar-refractivity contribution in [3.63, 3.8) is 0 Å². The quantitative estimate of drug-likeness (QED) is 0.400. The van der Waals surface area contributed by atoms with E-state index in [2.05, 4.69) is 10.3 Å². The minimum atomic E-state index is -0.273. The van der Waals surface area contributed by atoms with Crippen molar-refractivity contribution in [1.82, 2.24) is 4.98 Å². The topological polar surface area (TPSA) is 42.0 Å². The van der Waals surface area contributed by atoms with Gasteiger partial charge in [-0.05, 0) is 55.0 Å². The van der Waals surface area contributed by atoms with Crippen LogP contribution in [0.3, 0.4) is 0 Å². The van der Waals surface area contributed by atoms with Crippen LogP contribution in [0.15, 0.2) is 60.7 Å². The molecule has 0 saturated heterocycles. The third kappa shape index (κ3) is 3.69. The number of hydrogen-bond donors (Lipinski definition) is 1. The Bertz CT molecular complexity index is 1140. The molecule has 1 amide bonds. The average molecular weight is 413 g/mol. The van der Waals surface area contributed by atoms with Gasteiger partial charge >= 0.3 is 0 Å². The van der Waals surface area contributed by atoms with E-state index in [4.69, 9.17) is 23.2 Å². The lowest BCUT2D eigenvalue weighted by Gasteiger charge is -2.11. The van der Waals surface area contributed by atoms with Crippen LogP contribution in [0.5, 0.6) is 0 Å². The maximum Gasteiger partial charge on any atom is 0.257 e. The van der Waals surface area contributed by atoms with Crippen molar-refractivity contribution < 1.29 is 4.79 Å². The minimum absolute atomic E-state index is 0.273. The number of anilines is 1. The van der Waals surface area contributed by atoms with Crippen molar-refractivity contribution in [3.05, 3.63) is 81.8 Å². The van der Waals surface area contributed by atoms with Gasteiger partial charge in [-0.15, -0.1) is 11.3 Å². The zero-order chi connectivity index (χ0) is 19.0. The molecule has 3 aromatic carbocycles. The van der Waals surface area contributed by atoms with E-state index in [0.717, 1.165) is 26.4 Å². The van der Waals surface area contributed by atoms with Crippen LogP contribution in [0.4, 0.5) is 5.69 Å². The van der Waals surface area contributed by atoms with Crippen molar-refractivity contribution in [2.75, 3.05) is 5.32 Å². The Labute approximate surface area is 170 Å². The molecule has 0 saturated carbocycles. The Balaban J connectivity index is 1.74. The molecule has 1 N–H and O–H groups in total. The number of amides is 1. The summed E-state index contributed by atoms with van der Waals surface area (Å²) in [6.07, 6.45) is 0. The first-order valence-corrected chi connectivity index (χ1v) is 9.81. The van der Waals surface area contributed by atoms with Gasteiger partial charge in [-0.1, -0.05) is 41.4 Å². The highest BCUT2D eigenvalue weighted by Gasteiger charge is 2.16. The van der Waals surface area contributed by atoms with E-state index in [-0.39, 0.29) is 5.91 Å². The fourth-order valence-corrected chi connectivity index (χ4v) is 4.27. The van der Waals surface area contributed by atoms with Crippen LogP contribution < -0.4 is 5.32 Å². The number of rotatable bonds is 3. The summed E-state index contributed by atoms with van der Waals surface area (Å²) in [7, 11) is 0. The van der Waals surface area contributed by atoms with Gasteiger partial charge in [0, 0.05) is 10.6 Å². The number of carbonyl (C=O) groups is 1. The second-order valence-electron chi connectivity index (χ2n) is 6.11. The number of fused-ring (bicyclic) bond motifs is 1. The largest absolute Gasteiger partial charge is 0.321 e. The predicted octanol–water partition coefficient (Wildman–Crippen LogP) is 6.83. The molecule has 4 aromatic rings. The molecule has 0 aliphatic carbocycles. The van der Waals surface area contributed by atoms with Crippen LogP contribution in [0.1, 0.15) is 15.9 Å². The molecule has 0 spiro atoms. The van der Waals surface area contributed by atoms with Gasteiger partial charge in [-0.25, -0.2) is 4.98 Å². The van der Waals surface area contributed by atoms with Crippen LogP contribution in [0, 0.1) is 6.92 Å². The normalized spacial score (nSPS) is 10.9. The highest BCUT2D eigenvalue weighted by molar-refractivity contribution is 7.21. The molecule has 0 bridgehead atoms. The van der Waals surface area contributed by atoms with Crippen LogP contribution in [0.2, 0.25) is 10.0 Å². The second-order valence-corrected chi connectivity index (χ2v) is 7.99. The Morgan fingerprint density at radius 1 is 1.04 bits per heavy atom. The van der Waals surface area contributed by atoms with Crippen molar-refractivity contribution in [3.8, 4) is 10.6 Å². The van der Waals surface area contributed by atoms with E-state index in [1.165, 1.54) is 0 Å². The molecule has 6 heteroatoms. The summed E-state index contributed by atoms with van der Waals surface area (Å²) in [4.78, 5) is 17.4. The summed E-state index contributed by atoms with van der Waals surface area (Å²) in [5.41, 5.74) is 3.75. The number of carbonyl (C=O) groups excluding carboxylic acids is 1. The van der Waals surface area contributed by atoms with Gasteiger partial charge in [0.2, 0.25) is 0 Å².